The summed E-state index contributed by atoms with van der Waals surface area (Å²) in [7, 11) is 0. The standard InChI is InChI=1S/C18H34N2O/c1-4-19-18(15-9-13(2)8-14(3)10-15)17-11-20-7-5-6-16(20)12-21-17/h13-19H,4-12H2,1-3H3. The third-order valence-electron chi connectivity index (χ3n) is 5.98. The van der Waals surface area contributed by atoms with Crippen LogP contribution in [0.5, 0.6) is 0 Å². The number of ether oxygens (including phenoxy) is 1. The molecule has 1 aliphatic carbocycles. The maximum atomic E-state index is 6.33. The van der Waals surface area contributed by atoms with Crippen LogP contribution in [-0.2, 0) is 4.74 Å². The third-order valence-corrected chi connectivity index (χ3v) is 5.98. The van der Waals surface area contributed by atoms with Crippen LogP contribution < -0.4 is 5.32 Å². The lowest BCUT2D eigenvalue weighted by atomic mass is 9.72. The third kappa shape index (κ3) is 3.62. The fourth-order valence-corrected chi connectivity index (χ4v) is 5.20. The Bertz CT molecular complexity index is 325. The number of nitrogens with zero attached hydrogens (tertiary/aromatic N) is 1. The molecule has 2 saturated heterocycles. The van der Waals surface area contributed by atoms with Crippen LogP contribution >= 0.6 is 0 Å². The molecule has 1 N–H and O–H groups in total. The second-order valence-electron chi connectivity index (χ2n) is 7.92. The molecule has 21 heavy (non-hydrogen) atoms. The molecule has 0 amide bonds. The summed E-state index contributed by atoms with van der Waals surface area (Å²) in [6.45, 7) is 11.6. The van der Waals surface area contributed by atoms with Gasteiger partial charge in [-0.15, -0.1) is 0 Å². The molecular formula is C18H34N2O. The van der Waals surface area contributed by atoms with Crippen LogP contribution in [0.1, 0.15) is 52.9 Å². The molecule has 0 bridgehead atoms. The number of hydrogen-bond acceptors (Lipinski definition) is 3. The SMILES string of the molecule is CCNC(C1CC(C)CC(C)C1)C1CN2CCCC2CO1. The van der Waals surface area contributed by atoms with Gasteiger partial charge in [-0.3, -0.25) is 4.90 Å². The van der Waals surface area contributed by atoms with E-state index in [1.165, 1.54) is 38.6 Å². The van der Waals surface area contributed by atoms with E-state index in [2.05, 4.69) is 31.0 Å². The number of nitrogens with one attached hydrogen (secondary N) is 1. The molecule has 5 atom stereocenters. The van der Waals surface area contributed by atoms with Crippen molar-refractivity contribution in [3.05, 3.63) is 0 Å². The van der Waals surface area contributed by atoms with Crippen LogP contribution in [0.2, 0.25) is 0 Å². The van der Waals surface area contributed by atoms with Crippen LogP contribution in [0.3, 0.4) is 0 Å². The highest BCUT2D eigenvalue weighted by molar-refractivity contribution is 4.94. The second kappa shape index (κ2) is 6.97. The highest BCUT2D eigenvalue weighted by Gasteiger charge is 2.40. The number of fused-ring (bicyclic) bond motifs is 1. The Morgan fingerprint density at radius 3 is 2.67 bits per heavy atom. The summed E-state index contributed by atoms with van der Waals surface area (Å²) in [5.41, 5.74) is 0. The van der Waals surface area contributed by atoms with Gasteiger partial charge in [0, 0.05) is 18.6 Å². The molecule has 1 saturated carbocycles. The lowest BCUT2D eigenvalue weighted by molar-refractivity contribution is -0.0783. The molecule has 3 fully saturated rings. The van der Waals surface area contributed by atoms with Gasteiger partial charge in [-0.2, -0.15) is 0 Å². The number of rotatable bonds is 4. The van der Waals surface area contributed by atoms with Gasteiger partial charge in [0.2, 0.25) is 0 Å². The van der Waals surface area contributed by atoms with Crippen molar-refractivity contribution < 1.29 is 4.74 Å². The molecule has 0 aromatic heterocycles. The maximum Gasteiger partial charge on any atom is 0.0858 e. The number of likely N-dealkylation sites (N-methyl/N-ethyl adjacent to an activating group) is 1. The lowest BCUT2D eigenvalue weighted by Crippen LogP contribution is -2.57. The van der Waals surface area contributed by atoms with Crippen LogP contribution in [0.15, 0.2) is 0 Å². The molecule has 0 spiro atoms. The van der Waals surface area contributed by atoms with Crippen LogP contribution in [-0.4, -0.2) is 49.3 Å². The number of morpholine rings is 1. The van der Waals surface area contributed by atoms with E-state index in [9.17, 15) is 0 Å². The van der Waals surface area contributed by atoms with Gasteiger partial charge in [-0.1, -0.05) is 20.8 Å². The minimum atomic E-state index is 0.404. The first-order valence-corrected chi connectivity index (χ1v) is 9.26. The quantitative estimate of drug-likeness (QED) is 0.863. The maximum absolute atomic E-state index is 6.33. The zero-order valence-electron chi connectivity index (χ0n) is 14.2. The minimum Gasteiger partial charge on any atom is -0.374 e. The molecule has 3 nitrogen and oxygen atoms in total. The fraction of sp³-hybridized carbons (Fsp3) is 1.00. The molecular weight excluding hydrogens is 260 g/mol. The zero-order valence-corrected chi connectivity index (χ0v) is 14.2. The van der Waals surface area contributed by atoms with Gasteiger partial charge in [0.25, 0.3) is 0 Å². The first-order valence-electron chi connectivity index (χ1n) is 9.26. The Balaban J connectivity index is 1.65. The van der Waals surface area contributed by atoms with Gasteiger partial charge < -0.3 is 10.1 Å². The Labute approximate surface area is 130 Å². The molecule has 3 aliphatic rings. The summed E-state index contributed by atoms with van der Waals surface area (Å²) in [6.07, 6.45) is 7.29. The molecule has 0 aromatic carbocycles. The van der Waals surface area contributed by atoms with Crippen molar-refractivity contribution >= 4 is 0 Å². The zero-order chi connectivity index (χ0) is 14.8. The van der Waals surface area contributed by atoms with Gasteiger partial charge in [-0.05, 0) is 62.9 Å². The summed E-state index contributed by atoms with van der Waals surface area (Å²) in [5.74, 6) is 2.55. The van der Waals surface area contributed by atoms with Crippen molar-refractivity contribution in [3.63, 3.8) is 0 Å². The minimum absolute atomic E-state index is 0.404. The summed E-state index contributed by atoms with van der Waals surface area (Å²) in [5, 5.41) is 3.79. The summed E-state index contributed by atoms with van der Waals surface area (Å²) < 4.78 is 6.33. The molecule has 2 aliphatic heterocycles. The molecule has 122 valence electrons. The topological polar surface area (TPSA) is 24.5 Å². The normalized spacial score (nSPS) is 42.7. The Hall–Kier alpha value is -0.120. The van der Waals surface area contributed by atoms with E-state index in [-0.39, 0.29) is 0 Å². The van der Waals surface area contributed by atoms with Crippen LogP contribution in [0, 0.1) is 17.8 Å². The molecule has 0 aromatic rings. The summed E-state index contributed by atoms with van der Waals surface area (Å²) in [4.78, 5) is 2.69. The van der Waals surface area contributed by atoms with E-state index in [1.807, 2.05) is 0 Å². The highest BCUT2D eigenvalue weighted by Crippen LogP contribution is 2.37. The van der Waals surface area contributed by atoms with Gasteiger partial charge in [0.05, 0.1) is 12.7 Å². The van der Waals surface area contributed by atoms with Gasteiger partial charge in [0.15, 0.2) is 0 Å². The largest absolute Gasteiger partial charge is 0.374 e. The Kier molecular flexibility index (Phi) is 5.23. The lowest BCUT2D eigenvalue weighted by Gasteiger charge is -2.44. The van der Waals surface area contributed by atoms with Crippen molar-refractivity contribution in [1.82, 2.24) is 10.2 Å². The van der Waals surface area contributed by atoms with E-state index in [0.717, 1.165) is 37.5 Å². The predicted molar refractivity (Wildman–Crippen MR) is 87.5 cm³/mol. The number of hydrogen-bond donors (Lipinski definition) is 1. The Morgan fingerprint density at radius 1 is 1.19 bits per heavy atom. The highest BCUT2D eigenvalue weighted by atomic mass is 16.5. The van der Waals surface area contributed by atoms with Crippen molar-refractivity contribution in [2.45, 2.75) is 71.1 Å². The molecule has 2 heterocycles. The second-order valence-corrected chi connectivity index (χ2v) is 7.92. The molecule has 3 heteroatoms. The van der Waals surface area contributed by atoms with E-state index in [4.69, 9.17) is 4.74 Å². The monoisotopic (exact) mass is 294 g/mol. The van der Waals surface area contributed by atoms with Crippen molar-refractivity contribution in [1.29, 1.82) is 0 Å². The average Bonchev–Trinajstić information content (AvgIpc) is 2.91. The smallest absolute Gasteiger partial charge is 0.0858 e. The summed E-state index contributed by atoms with van der Waals surface area (Å²) in [6, 6.07) is 1.27. The summed E-state index contributed by atoms with van der Waals surface area (Å²) >= 11 is 0. The van der Waals surface area contributed by atoms with E-state index in [1.54, 1.807) is 0 Å². The van der Waals surface area contributed by atoms with Crippen LogP contribution in [0.25, 0.3) is 0 Å². The molecule has 5 unspecified atom stereocenters. The first-order chi connectivity index (χ1) is 10.2. The molecule has 3 rings (SSSR count). The van der Waals surface area contributed by atoms with Crippen molar-refractivity contribution in [3.8, 4) is 0 Å². The van der Waals surface area contributed by atoms with Crippen molar-refractivity contribution in [2.24, 2.45) is 17.8 Å². The predicted octanol–water partition coefficient (Wildman–Crippen LogP) is 2.90. The van der Waals surface area contributed by atoms with Gasteiger partial charge in [-0.25, -0.2) is 0 Å². The van der Waals surface area contributed by atoms with Crippen molar-refractivity contribution in [2.75, 3.05) is 26.2 Å². The van der Waals surface area contributed by atoms with Gasteiger partial charge >= 0.3 is 0 Å². The van der Waals surface area contributed by atoms with E-state index < -0.39 is 0 Å². The first kappa shape index (κ1) is 15.8. The average molecular weight is 294 g/mol. The fourth-order valence-electron chi connectivity index (χ4n) is 5.20. The Morgan fingerprint density at radius 2 is 1.95 bits per heavy atom. The molecule has 0 radical (unpaired) electrons. The van der Waals surface area contributed by atoms with E-state index in [0.29, 0.717) is 18.2 Å². The van der Waals surface area contributed by atoms with Gasteiger partial charge in [0.1, 0.15) is 0 Å². The van der Waals surface area contributed by atoms with Crippen LogP contribution in [0.4, 0.5) is 0 Å². The van der Waals surface area contributed by atoms with E-state index >= 15 is 0 Å².